The number of carbonyl (C=O) groups excluding carboxylic acids is 1. The lowest BCUT2D eigenvalue weighted by Gasteiger charge is -2.14. The first-order valence-electron chi connectivity index (χ1n) is 7.89. The Labute approximate surface area is 169 Å². The van der Waals surface area contributed by atoms with Gasteiger partial charge in [0, 0.05) is 20.7 Å². The Hall–Kier alpha value is -2.84. The number of nitrogen functional groups attached to an aromatic ring is 1. The lowest BCUT2D eigenvalue weighted by Crippen LogP contribution is -2.30. The first kappa shape index (κ1) is 18.9. The minimum atomic E-state index is -0.316. The van der Waals surface area contributed by atoms with Crippen molar-refractivity contribution >= 4 is 56.4 Å². The molecule has 0 aliphatic carbocycles. The molecule has 0 unspecified atom stereocenters. The van der Waals surface area contributed by atoms with Crippen LogP contribution >= 0.6 is 27.5 Å². The standard InChI is InChI=1S/C18H16BrClN6O/c1-10-8-13(20)6-7-14(10)24-16-15(21)17(23-9-22-16)25-26-18(27)11-2-4-12(19)5-3-11/h2-9H,21H2,1H3,(H,26,27)(H2,22,23,24,25). The predicted molar refractivity (Wildman–Crippen MR) is 111 cm³/mol. The molecule has 2 aromatic carbocycles. The van der Waals surface area contributed by atoms with E-state index in [1.165, 1.54) is 6.33 Å². The minimum absolute atomic E-state index is 0.267. The Morgan fingerprint density at radius 1 is 1.11 bits per heavy atom. The number of amides is 1. The zero-order chi connectivity index (χ0) is 19.4. The van der Waals surface area contributed by atoms with Crippen LogP contribution in [0.15, 0.2) is 53.3 Å². The number of hydrogen-bond acceptors (Lipinski definition) is 6. The number of halogens is 2. The molecule has 3 aromatic rings. The third-order valence-corrected chi connectivity index (χ3v) is 4.49. The Morgan fingerprint density at radius 2 is 1.81 bits per heavy atom. The number of carbonyl (C=O) groups is 1. The van der Waals surface area contributed by atoms with Gasteiger partial charge in [0.05, 0.1) is 0 Å². The van der Waals surface area contributed by atoms with Gasteiger partial charge in [-0.3, -0.25) is 15.6 Å². The molecule has 7 nitrogen and oxygen atoms in total. The fourth-order valence-electron chi connectivity index (χ4n) is 2.28. The van der Waals surface area contributed by atoms with Crippen LogP contribution < -0.4 is 21.9 Å². The molecule has 0 bridgehead atoms. The van der Waals surface area contributed by atoms with Crippen LogP contribution in [0.4, 0.5) is 23.0 Å². The Balaban J connectivity index is 1.72. The SMILES string of the molecule is Cc1cc(Cl)ccc1Nc1ncnc(NNC(=O)c2ccc(Br)cc2)c1N. The molecule has 3 rings (SSSR count). The molecule has 9 heteroatoms. The molecular weight excluding hydrogens is 432 g/mol. The van der Waals surface area contributed by atoms with E-state index in [-0.39, 0.29) is 17.4 Å². The van der Waals surface area contributed by atoms with Crippen LogP contribution in [0.5, 0.6) is 0 Å². The third kappa shape index (κ3) is 4.66. The fourth-order valence-corrected chi connectivity index (χ4v) is 2.77. The molecule has 1 aromatic heterocycles. The zero-order valence-corrected chi connectivity index (χ0v) is 16.6. The first-order chi connectivity index (χ1) is 12.9. The van der Waals surface area contributed by atoms with Crippen LogP contribution in [0.3, 0.4) is 0 Å². The molecule has 0 saturated heterocycles. The van der Waals surface area contributed by atoms with Gasteiger partial charge in [-0.25, -0.2) is 9.97 Å². The summed E-state index contributed by atoms with van der Waals surface area (Å²) in [5.74, 6) is 0.379. The predicted octanol–water partition coefficient (Wildman–Crippen LogP) is 4.28. The largest absolute Gasteiger partial charge is 0.393 e. The van der Waals surface area contributed by atoms with Gasteiger partial charge in [-0.2, -0.15) is 0 Å². The van der Waals surface area contributed by atoms with E-state index in [1.807, 2.05) is 19.1 Å². The molecule has 0 saturated carbocycles. The van der Waals surface area contributed by atoms with Crippen LogP contribution in [0.1, 0.15) is 15.9 Å². The summed E-state index contributed by atoms with van der Waals surface area (Å²) in [7, 11) is 0. The third-order valence-electron chi connectivity index (χ3n) is 3.73. The molecular formula is C18H16BrClN6O. The molecule has 1 heterocycles. The normalized spacial score (nSPS) is 10.3. The van der Waals surface area contributed by atoms with E-state index in [4.69, 9.17) is 17.3 Å². The highest BCUT2D eigenvalue weighted by molar-refractivity contribution is 9.10. The van der Waals surface area contributed by atoms with Crippen molar-refractivity contribution in [2.75, 3.05) is 16.5 Å². The van der Waals surface area contributed by atoms with Gasteiger partial charge in [0.1, 0.15) is 12.0 Å². The zero-order valence-electron chi connectivity index (χ0n) is 14.3. The lowest BCUT2D eigenvalue weighted by atomic mass is 10.2. The molecule has 0 aliphatic heterocycles. The van der Waals surface area contributed by atoms with Crippen LogP contribution in [0.25, 0.3) is 0 Å². The number of aromatic nitrogens is 2. The lowest BCUT2D eigenvalue weighted by molar-refractivity contribution is 0.0962. The number of hydrazine groups is 1. The number of nitrogens with zero attached hydrogens (tertiary/aromatic N) is 2. The van der Waals surface area contributed by atoms with Gasteiger partial charge in [0.15, 0.2) is 11.6 Å². The molecule has 0 atom stereocenters. The van der Waals surface area contributed by atoms with Crippen molar-refractivity contribution < 1.29 is 4.79 Å². The van der Waals surface area contributed by atoms with Crippen molar-refractivity contribution in [3.05, 3.63) is 69.4 Å². The average Bonchev–Trinajstić information content (AvgIpc) is 2.65. The maximum atomic E-state index is 12.2. The molecule has 27 heavy (non-hydrogen) atoms. The Bertz CT molecular complexity index is 980. The van der Waals surface area contributed by atoms with E-state index in [0.717, 1.165) is 15.7 Å². The highest BCUT2D eigenvalue weighted by Crippen LogP contribution is 2.28. The van der Waals surface area contributed by atoms with Crippen LogP contribution in [0, 0.1) is 6.92 Å². The molecule has 0 aliphatic rings. The Morgan fingerprint density at radius 3 is 2.52 bits per heavy atom. The maximum absolute atomic E-state index is 12.2. The number of rotatable bonds is 5. The van der Waals surface area contributed by atoms with Crippen molar-refractivity contribution in [2.45, 2.75) is 6.92 Å². The fraction of sp³-hybridized carbons (Fsp3) is 0.0556. The van der Waals surface area contributed by atoms with Crippen LogP contribution in [-0.4, -0.2) is 15.9 Å². The van der Waals surface area contributed by atoms with E-state index >= 15 is 0 Å². The number of hydrogen-bond donors (Lipinski definition) is 4. The van der Waals surface area contributed by atoms with Gasteiger partial charge in [0.25, 0.3) is 5.91 Å². The monoisotopic (exact) mass is 446 g/mol. The molecule has 5 N–H and O–H groups in total. The number of nitrogens with two attached hydrogens (primary N) is 1. The summed E-state index contributed by atoms with van der Waals surface area (Å²) in [6.45, 7) is 1.92. The van der Waals surface area contributed by atoms with E-state index in [1.54, 1.807) is 30.3 Å². The van der Waals surface area contributed by atoms with Gasteiger partial charge in [-0.15, -0.1) is 0 Å². The quantitative estimate of drug-likeness (QED) is 0.435. The number of benzene rings is 2. The summed E-state index contributed by atoms with van der Waals surface area (Å²) in [5.41, 5.74) is 13.9. The summed E-state index contributed by atoms with van der Waals surface area (Å²) in [4.78, 5) is 20.4. The van der Waals surface area contributed by atoms with E-state index in [2.05, 4.69) is 42.1 Å². The van der Waals surface area contributed by atoms with Crippen LogP contribution in [0.2, 0.25) is 5.02 Å². The maximum Gasteiger partial charge on any atom is 0.269 e. The molecule has 1 amide bonds. The number of anilines is 4. The van der Waals surface area contributed by atoms with E-state index < -0.39 is 0 Å². The molecule has 0 spiro atoms. The van der Waals surface area contributed by atoms with Gasteiger partial charge in [0.2, 0.25) is 0 Å². The summed E-state index contributed by atoms with van der Waals surface area (Å²) in [5, 5.41) is 3.79. The highest BCUT2D eigenvalue weighted by Gasteiger charge is 2.11. The van der Waals surface area contributed by atoms with Crippen molar-refractivity contribution in [1.82, 2.24) is 15.4 Å². The second-order valence-corrected chi connectivity index (χ2v) is 7.01. The topological polar surface area (TPSA) is 105 Å². The van der Waals surface area contributed by atoms with Gasteiger partial charge in [-0.05, 0) is 55.0 Å². The van der Waals surface area contributed by atoms with Crippen molar-refractivity contribution in [1.29, 1.82) is 0 Å². The second kappa shape index (κ2) is 8.24. The molecule has 0 fully saturated rings. The van der Waals surface area contributed by atoms with Crippen molar-refractivity contribution in [2.24, 2.45) is 0 Å². The highest BCUT2D eigenvalue weighted by atomic mass is 79.9. The van der Waals surface area contributed by atoms with Gasteiger partial charge >= 0.3 is 0 Å². The number of aryl methyl sites for hydroxylation is 1. The van der Waals surface area contributed by atoms with E-state index in [9.17, 15) is 4.79 Å². The summed E-state index contributed by atoms with van der Waals surface area (Å²) in [6, 6.07) is 12.4. The molecule has 138 valence electrons. The summed E-state index contributed by atoms with van der Waals surface area (Å²) >= 11 is 9.30. The van der Waals surface area contributed by atoms with Crippen molar-refractivity contribution in [3.63, 3.8) is 0 Å². The average molecular weight is 448 g/mol. The van der Waals surface area contributed by atoms with Gasteiger partial charge in [-0.1, -0.05) is 27.5 Å². The van der Waals surface area contributed by atoms with Crippen molar-refractivity contribution in [3.8, 4) is 0 Å². The minimum Gasteiger partial charge on any atom is -0.393 e. The summed E-state index contributed by atoms with van der Waals surface area (Å²) < 4.78 is 0.889. The van der Waals surface area contributed by atoms with E-state index in [0.29, 0.717) is 16.4 Å². The first-order valence-corrected chi connectivity index (χ1v) is 9.06. The van der Waals surface area contributed by atoms with Gasteiger partial charge < -0.3 is 11.1 Å². The molecule has 0 radical (unpaired) electrons. The smallest absolute Gasteiger partial charge is 0.269 e. The van der Waals surface area contributed by atoms with Crippen LogP contribution in [-0.2, 0) is 0 Å². The Kier molecular flexibility index (Phi) is 5.78. The second-order valence-electron chi connectivity index (χ2n) is 5.65. The summed E-state index contributed by atoms with van der Waals surface area (Å²) in [6.07, 6.45) is 1.35. The number of nitrogens with one attached hydrogen (secondary N) is 3.